The van der Waals surface area contributed by atoms with Crippen LogP contribution in [0.15, 0.2) is 24.3 Å². The molecule has 0 aromatic heterocycles. The highest BCUT2D eigenvalue weighted by Crippen LogP contribution is 2.16. The Bertz CT molecular complexity index is 468. The number of piperidine rings is 1. The molecule has 0 aliphatic carbocycles. The monoisotopic (exact) mass is 339 g/mol. The molecule has 130 valence electrons. The molecular weight excluding hydrogens is 310 g/mol. The van der Waals surface area contributed by atoms with Gasteiger partial charge in [-0.1, -0.05) is 23.7 Å². The number of rotatable bonds is 7. The van der Waals surface area contributed by atoms with Crippen molar-refractivity contribution in [3.8, 4) is 0 Å². The minimum atomic E-state index is -0.677. The van der Waals surface area contributed by atoms with E-state index >= 15 is 0 Å². The summed E-state index contributed by atoms with van der Waals surface area (Å²) < 4.78 is 0. The number of likely N-dealkylation sites (tertiary alicyclic amines) is 1. The Morgan fingerprint density at radius 2 is 1.87 bits per heavy atom. The van der Waals surface area contributed by atoms with Crippen molar-refractivity contribution < 1.29 is 5.11 Å². The first-order valence-electron chi connectivity index (χ1n) is 8.41. The second kappa shape index (κ2) is 8.45. The number of hydrogen-bond donors (Lipinski definition) is 2. The summed E-state index contributed by atoms with van der Waals surface area (Å²) in [5.41, 5.74) is 0.638. The SMILES string of the molecule is CN(C)CC(C)(O)CNC1CCN(Cc2ccc(Cl)cc2)CC1. The molecule has 2 N–H and O–H groups in total. The van der Waals surface area contributed by atoms with Crippen LogP contribution >= 0.6 is 11.6 Å². The third-order valence-corrected chi connectivity index (χ3v) is 4.59. The fourth-order valence-electron chi connectivity index (χ4n) is 3.24. The van der Waals surface area contributed by atoms with Gasteiger partial charge in [0.1, 0.15) is 0 Å². The first kappa shape index (κ1) is 18.7. The molecular formula is C18H30ClN3O. The smallest absolute Gasteiger partial charge is 0.0869 e. The lowest BCUT2D eigenvalue weighted by Gasteiger charge is -2.35. The molecule has 5 heteroatoms. The highest BCUT2D eigenvalue weighted by molar-refractivity contribution is 6.30. The Morgan fingerprint density at radius 1 is 1.26 bits per heavy atom. The largest absolute Gasteiger partial charge is 0.388 e. The van der Waals surface area contributed by atoms with Crippen LogP contribution in [0.4, 0.5) is 0 Å². The van der Waals surface area contributed by atoms with E-state index in [1.165, 1.54) is 5.56 Å². The van der Waals surface area contributed by atoms with Crippen LogP contribution in [0.25, 0.3) is 0 Å². The fraction of sp³-hybridized carbons (Fsp3) is 0.667. The molecule has 1 unspecified atom stereocenters. The summed E-state index contributed by atoms with van der Waals surface area (Å²) in [6.07, 6.45) is 2.26. The number of halogens is 1. The fourth-order valence-corrected chi connectivity index (χ4v) is 3.37. The summed E-state index contributed by atoms with van der Waals surface area (Å²) in [5, 5.41) is 14.7. The van der Waals surface area contributed by atoms with Gasteiger partial charge in [0.2, 0.25) is 0 Å². The Morgan fingerprint density at radius 3 is 2.43 bits per heavy atom. The molecule has 1 fully saturated rings. The summed E-state index contributed by atoms with van der Waals surface area (Å²) in [4.78, 5) is 4.51. The Labute approximate surface area is 145 Å². The lowest BCUT2D eigenvalue weighted by molar-refractivity contribution is 0.0287. The van der Waals surface area contributed by atoms with Crippen LogP contribution in [0, 0.1) is 0 Å². The van der Waals surface area contributed by atoms with Gasteiger partial charge in [0.25, 0.3) is 0 Å². The lowest BCUT2D eigenvalue weighted by atomic mass is 10.0. The van der Waals surface area contributed by atoms with E-state index in [0.717, 1.165) is 37.5 Å². The molecule has 0 spiro atoms. The van der Waals surface area contributed by atoms with Gasteiger partial charge in [-0.15, -0.1) is 0 Å². The second-order valence-corrected chi connectivity index (χ2v) is 7.73. The van der Waals surface area contributed by atoms with Gasteiger partial charge in [-0.2, -0.15) is 0 Å². The standard InChI is InChI=1S/C18H30ClN3O/c1-18(23,14-21(2)3)13-20-17-8-10-22(11-9-17)12-15-4-6-16(19)7-5-15/h4-7,17,20,23H,8-14H2,1-3H3. The van der Waals surface area contributed by atoms with Crippen LogP contribution in [0.5, 0.6) is 0 Å². The van der Waals surface area contributed by atoms with Crippen molar-refractivity contribution in [3.05, 3.63) is 34.9 Å². The maximum absolute atomic E-state index is 10.4. The molecule has 1 aliphatic heterocycles. The molecule has 1 aromatic carbocycles. The van der Waals surface area contributed by atoms with E-state index in [1.54, 1.807) is 0 Å². The van der Waals surface area contributed by atoms with Gasteiger partial charge in [-0.25, -0.2) is 0 Å². The molecule has 1 saturated heterocycles. The van der Waals surface area contributed by atoms with Crippen molar-refractivity contribution in [1.29, 1.82) is 0 Å². The van der Waals surface area contributed by atoms with Gasteiger partial charge < -0.3 is 15.3 Å². The average molecular weight is 340 g/mol. The van der Waals surface area contributed by atoms with E-state index in [2.05, 4.69) is 22.3 Å². The summed E-state index contributed by atoms with van der Waals surface area (Å²) >= 11 is 5.93. The van der Waals surface area contributed by atoms with E-state index in [4.69, 9.17) is 11.6 Å². The molecule has 1 aliphatic rings. The number of likely N-dealkylation sites (N-methyl/N-ethyl adjacent to an activating group) is 1. The molecule has 0 radical (unpaired) electrons. The van der Waals surface area contributed by atoms with Crippen LogP contribution in [-0.2, 0) is 6.54 Å². The topological polar surface area (TPSA) is 38.7 Å². The van der Waals surface area contributed by atoms with Crippen LogP contribution in [0.1, 0.15) is 25.3 Å². The zero-order chi connectivity index (χ0) is 16.9. The van der Waals surface area contributed by atoms with Crippen molar-refractivity contribution in [2.24, 2.45) is 0 Å². The maximum Gasteiger partial charge on any atom is 0.0869 e. The molecule has 0 bridgehead atoms. The molecule has 4 nitrogen and oxygen atoms in total. The van der Waals surface area contributed by atoms with E-state index in [1.807, 2.05) is 38.1 Å². The quantitative estimate of drug-likeness (QED) is 0.799. The van der Waals surface area contributed by atoms with Gasteiger partial charge in [-0.3, -0.25) is 4.90 Å². The predicted octanol–water partition coefficient (Wildman–Crippen LogP) is 2.21. The number of nitrogens with one attached hydrogen (secondary N) is 1. The van der Waals surface area contributed by atoms with Gasteiger partial charge in [-0.05, 0) is 64.6 Å². The molecule has 1 aromatic rings. The van der Waals surface area contributed by atoms with Crippen molar-refractivity contribution in [1.82, 2.24) is 15.1 Å². The third-order valence-electron chi connectivity index (χ3n) is 4.34. The Hall–Kier alpha value is -0.650. The van der Waals surface area contributed by atoms with E-state index in [-0.39, 0.29) is 0 Å². The average Bonchev–Trinajstić information content (AvgIpc) is 2.48. The second-order valence-electron chi connectivity index (χ2n) is 7.29. The molecule has 1 atom stereocenters. The molecule has 23 heavy (non-hydrogen) atoms. The number of aliphatic hydroxyl groups is 1. The van der Waals surface area contributed by atoms with Gasteiger partial charge >= 0.3 is 0 Å². The van der Waals surface area contributed by atoms with E-state index in [9.17, 15) is 5.11 Å². The highest BCUT2D eigenvalue weighted by Gasteiger charge is 2.24. The predicted molar refractivity (Wildman–Crippen MR) is 96.9 cm³/mol. The zero-order valence-electron chi connectivity index (χ0n) is 14.6. The summed E-state index contributed by atoms with van der Waals surface area (Å²) in [5.74, 6) is 0. The lowest BCUT2D eigenvalue weighted by Crippen LogP contribution is -2.50. The minimum Gasteiger partial charge on any atom is -0.388 e. The summed E-state index contributed by atoms with van der Waals surface area (Å²) in [6.45, 7) is 6.40. The van der Waals surface area contributed by atoms with Gasteiger partial charge in [0.15, 0.2) is 0 Å². The van der Waals surface area contributed by atoms with E-state index in [0.29, 0.717) is 19.1 Å². The number of hydrogen-bond acceptors (Lipinski definition) is 4. The number of benzene rings is 1. The van der Waals surface area contributed by atoms with Crippen molar-refractivity contribution in [2.45, 2.75) is 38.0 Å². The van der Waals surface area contributed by atoms with E-state index < -0.39 is 5.60 Å². The van der Waals surface area contributed by atoms with Gasteiger partial charge in [0, 0.05) is 30.7 Å². The minimum absolute atomic E-state index is 0.505. The summed E-state index contributed by atoms with van der Waals surface area (Å²) in [6, 6.07) is 8.62. The van der Waals surface area contributed by atoms with Crippen LogP contribution in [-0.4, -0.2) is 66.8 Å². The zero-order valence-corrected chi connectivity index (χ0v) is 15.3. The van der Waals surface area contributed by atoms with Crippen LogP contribution in [0.3, 0.4) is 0 Å². The number of nitrogens with zero attached hydrogens (tertiary/aromatic N) is 2. The summed E-state index contributed by atoms with van der Waals surface area (Å²) in [7, 11) is 3.98. The van der Waals surface area contributed by atoms with Crippen molar-refractivity contribution >= 4 is 11.6 Å². The first-order chi connectivity index (χ1) is 10.8. The first-order valence-corrected chi connectivity index (χ1v) is 8.79. The maximum atomic E-state index is 10.4. The Kier molecular flexibility index (Phi) is 6.86. The Balaban J connectivity index is 1.70. The molecule has 2 rings (SSSR count). The molecule has 0 amide bonds. The highest BCUT2D eigenvalue weighted by atomic mass is 35.5. The van der Waals surface area contributed by atoms with Crippen molar-refractivity contribution in [2.75, 3.05) is 40.3 Å². The van der Waals surface area contributed by atoms with Crippen LogP contribution in [0.2, 0.25) is 5.02 Å². The van der Waals surface area contributed by atoms with Crippen molar-refractivity contribution in [3.63, 3.8) is 0 Å². The molecule has 1 heterocycles. The third kappa shape index (κ3) is 6.77. The molecule has 0 saturated carbocycles. The van der Waals surface area contributed by atoms with Crippen LogP contribution < -0.4 is 5.32 Å². The van der Waals surface area contributed by atoms with Gasteiger partial charge in [0.05, 0.1) is 5.60 Å². The normalized spacial score (nSPS) is 19.9.